The average molecular weight is 298 g/mol. The maximum atomic E-state index is 12.0. The summed E-state index contributed by atoms with van der Waals surface area (Å²) in [6.07, 6.45) is 0.197. The van der Waals surface area contributed by atoms with E-state index in [-0.39, 0.29) is 42.8 Å². The van der Waals surface area contributed by atoms with Crippen molar-refractivity contribution in [3.05, 3.63) is 22.4 Å². The Morgan fingerprint density at radius 2 is 2.05 bits per heavy atom. The second-order valence-corrected chi connectivity index (χ2v) is 5.97. The topological polar surface area (TPSA) is 78.4 Å². The maximum absolute atomic E-state index is 12.0. The molecule has 3 N–H and O–H groups in total. The Morgan fingerprint density at radius 1 is 1.35 bits per heavy atom. The largest absolute Gasteiger partial charge is 0.396 e. The van der Waals surface area contributed by atoms with E-state index in [2.05, 4.69) is 10.6 Å². The summed E-state index contributed by atoms with van der Waals surface area (Å²) in [5, 5.41) is 16.6. The van der Waals surface area contributed by atoms with Crippen molar-refractivity contribution in [1.29, 1.82) is 0 Å². The minimum absolute atomic E-state index is 0.0000888. The van der Waals surface area contributed by atoms with Gasteiger partial charge in [0.2, 0.25) is 11.8 Å². The Kier molecular flexibility index (Phi) is 6.67. The second kappa shape index (κ2) is 8.01. The summed E-state index contributed by atoms with van der Waals surface area (Å²) in [5.41, 5.74) is 0. The van der Waals surface area contributed by atoms with Gasteiger partial charge < -0.3 is 15.7 Å². The molecule has 0 fully saturated rings. The van der Waals surface area contributed by atoms with Crippen molar-refractivity contribution in [3.8, 4) is 0 Å². The molecular formula is C14H22N2O3S. The Bertz CT molecular complexity index is 434. The first kappa shape index (κ1) is 16.7. The molecule has 0 radical (unpaired) electrons. The molecule has 0 aliphatic rings. The van der Waals surface area contributed by atoms with Crippen LogP contribution in [0.25, 0.3) is 0 Å². The fraction of sp³-hybridized carbons (Fsp3) is 0.571. The molecule has 0 saturated heterocycles. The van der Waals surface area contributed by atoms with Crippen LogP contribution in [-0.2, 0) is 9.59 Å². The molecule has 3 atom stereocenters. The van der Waals surface area contributed by atoms with Crippen molar-refractivity contribution in [2.45, 2.75) is 39.3 Å². The summed E-state index contributed by atoms with van der Waals surface area (Å²) in [7, 11) is 0. The summed E-state index contributed by atoms with van der Waals surface area (Å²) in [6.45, 7) is 5.20. The lowest BCUT2D eigenvalue weighted by molar-refractivity contribution is -0.123. The molecule has 2 amide bonds. The SMILES string of the molecule is CC(=O)NC(CC(=O)NC(C)C(C)CO)c1cccs1. The van der Waals surface area contributed by atoms with E-state index in [4.69, 9.17) is 5.11 Å². The minimum atomic E-state index is -0.302. The van der Waals surface area contributed by atoms with Gasteiger partial charge in [-0.05, 0) is 24.3 Å². The molecule has 112 valence electrons. The van der Waals surface area contributed by atoms with Crippen LogP contribution < -0.4 is 10.6 Å². The fourth-order valence-electron chi connectivity index (χ4n) is 1.76. The molecular weight excluding hydrogens is 276 g/mol. The third kappa shape index (κ3) is 5.30. The first-order chi connectivity index (χ1) is 9.43. The summed E-state index contributed by atoms with van der Waals surface area (Å²) < 4.78 is 0. The molecule has 0 saturated carbocycles. The highest BCUT2D eigenvalue weighted by atomic mass is 32.1. The van der Waals surface area contributed by atoms with Crippen LogP contribution in [0.1, 0.15) is 38.1 Å². The van der Waals surface area contributed by atoms with Crippen LogP contribution in [0.15, 0.2) is 17.5 Å². The molecule has 6 heteroatoms. The predicted octanol–water partition coefficient (Wildman–Crippen LogP) is 1.45. The third-order valence-corrected chi connectivity index (χ3v) is 4.17. The summed E-state index contributed by atoms with van der Waals surface area (Å²) >= 11 is 1.51. The van der Waals surface area contributed by atoms with Gasteiger partial charge >= 0.3 is 0 Å². The van der Waals surface area contributed by atoms with Crippen LogP contribution in [0.3, 0.4) is 0 Å². The number of nitrogens with one attached hydrogen (secondary N) is 2. The van der Waals surface area contributed by atoms with E-state index < -0.39 is 0 Å². The van der Waals surface area contributed by atoms with Gasteiger partial charge in [0.05, 0.1) is 12.5 Å². The van der Waals surface area contributed by atoms with E-state index in [1.165, 1.54) is 18.3 Å². The van der Waals surface area contributed by atoms with Gasteiger partial charge in [-0.2, -0.15) is 0 Å². The fourth-order valence-corrected chi connectivity index (χ4v) is 2.53. The molecule has 20 heavy (non-hydrogen) atoms. The van der Waals surface area contributed by atoms with Crippen LogP contribution >= 0.6 is 11.3 Å². The summed E-state index contributed by atoms with van der Waals surface area (Å²) in [6, 6.07) is 3.39. The highest BCUT2D eigenvalue weighted by Gasteiger charge is 2.20. The zero-order valence-electron chi connectivity index (χ0n) is 12.1. The Morgan fingerprint density at radius 3 is 2.55 bits per heavy atom. The van der Waals surface area contributed by atoms with Gasteiger partial charge in [0.15, 0.2) is 0 Å². The van der Waals surface area contributed by atoms with Gasteiger partial charge in [-0.3, -0.25) is 9.59 Å². The monoisotopic (exact) mass is 298 g/mol. The number of hydrogen-bond acceptors (Lipinski definition) is 4. The summed E-state index contributed by atoms with van der Waals surface area (Å²) in [4.78, 5) is 24.2. The highest BCUT2D eigenvalue weighted by molar-refractivity contribution is 7.10. The molecule has 1 heterocycles. The predicted molar refractivity (Wildman–Crippen MR) is 79.3 cm³/mol. The van der Waals surface area contributed by atoms with E-state index in [0.29, 0.717) is 0 Å². The van der Waals surface area contributed by atoms with Crippen molar-refractivity contribution < 1.29 is 14.7 Å². The first-order valence-corrected chi connectivity index (χ1v) is 7.52. The van der Waals surface area contributed by atoms with Gasteiger partial charge in [0, 0.05) is 24.4 Å². The number of hydrogen-bond donors (Lipinski definition) is 3. The highest BCUT2D eigenvalue weighted by Crippen LogP contribution is 2.22. The van der Waals surface area contributed by atoms with Gasteiger partial charge in [-0.25, -0.2) is 0 Å². The molecule has 0 aliphatic heterocycles. The smallest absolute Gasteiger partial charge is 0.222 e. The van der Waals surface area contributed by atoms with Crippen LogP contribution in [-0.4, -0.2) is 29.6 Å². The molecule has 5 nitrogen and oxygen atoms in total. The molecule has 1 aromatic heterocycles. The Hall–Kier alpha value is -1.40. The molecule has 0 bridgehead atoms. The van der Waals surface area contributed by atoms with E-state index in [0.717, 1.165) is 4.88 Å². The third-order valence-electron chi connectivity index (χ3n) is 3.18. The zero-order valence-corrected chi connectivity index (χ0v) is 12.9. The standard InChI is InChI=1S/C14H22N2O3S/c1-9(8-17)10(2)15-14(19)7-12(16-11(3)18)13-5-4-6-20-13/h4-6,9-10,12,17H,7-8H2,1-3H3,(H,15,19)(H,16,18). The van der Waals surface area contributed by atoms with Gasteiger partial charge in [-0.15, -0.1) is 11.3 Å². The maximum Gasteiger partial charge on any atom is 0.222 e. The number of carbonyl (C=O) groups is 2. The lowest BCUT2D eigenvalue weighted by atomic mass is 10.0. The molecule has 0 aliphatic carbocycles. The quantitative estimate of drug-likeness (QED) is 0.713. The number of rotatable bonds is 7. The van der Waals surface area contributed by atoms with E-state index in [9.17, 15) is 9.59 Å². The Balaban J connectivity index is 2.61. The molecule has 0 spiro atoms. The molecule has 3 unspecified atom stereocenters. The van der Waals surface area contributed by atoms with Gasteiger partial charge in [0.25, 0.3) is 0 Å². The van der Waals surface area contributed by atoms with E-state index >= 15 is 0 Å². The lowest BCUT2D eigenvalue weighted by Crippen LogP contribution is -2.40. The normalized spacial score (nSPS) is 15.2. The number of thiophene rings is 1. The van der Waals surface area contributed by atoms with Crippen molar-refractivity contribution in [1.82, 2.24) is 10.6 Å². The van der Waals surface area contributed by atoms with E-state index in [1.54, 1.807) is 0 Å². The number of carbonyl (C=O) groups excluding carboxylic acids is 2. The minimum Gasteiger partial charge on any atom is -0.396 e. The van der Waals surface area contributed by atoms with Crippen LogP contribution in [0.2, 0.25) is 0 Å². The molecule has 1 rings (SSSR count). The van der Waals surface area contributed by atoms with Gasteiger partial charge in [0.1, 0.15) is 0 Å². The molecule has 1 aromatic rings. The number of amides is 2. The average Bonchev–Trinajstić information content (AvgIpc) is 2.90. The van der Waals surface area contributed by atoms with Crippen LogP contribution in [0.5, 0.6) is 0 Å². The second-order valence-electron chi connectivity index (χ2n) is 4.99. The van der Waals surface area contributed by atoms with Crippen molar-refractivity contribution in [2.24, 2.45) is 5.92 Å². The molecule has 0 aromatic carbocycles. The van der Waals surface area contributed by atoms with Crippen molar-refractivity contribution in [2.75, 3.05) is 6.61 Å². The van der Waals surface area contributed by atoms with E-state index in [1.807, 2.05) is 31.4 Å². The van der Waals surface area contributed by atoms with Crippen molar-refractivity contribution in [3.63, 3.8) is 0 Å². The first-order valence-electron chi connectivity index (χ1n) is 6.64. The zero-order chi connectivity index (χ0) is 15.1. The van der Waals surface area contributed by atoms with Crippen LogP contribution in [0.4, 0.5) is 0 Å². The Labute approximate surface area is 123 Å². The van der Waals surface area contributed by atoms with Gasteiger partial charge in [-0.1, -0.05) is 13.0 Å². The van der Waals surface area contributed by atoms with Crippen LogP contribution in [0, 0.1) is 5.92 Å². The van der Waals surface area contributed by atoms with Crippen molar-refractivity contribution >= 4 is 23.2 Å². The summed E-state index contributed by atoms with van der Waals surface area (Å²) in [5.74, 6) is -0.294. The lowest BCUT2D eigenvalue weighted by Gasteiger charge is -2.21. The number of aliphatic hydroxyl groups is 1. The number of aliphatic hydroxyl groups excluding tert-OH is 1.